The van der Waals surface area contributed by atoms with Gasteiger partial charge in [-0.25, -0.2) is 0 Å². The Labute approximate surface area is 115 Å². The van der Waals surface area contributed by atoms with E-state index in [1.165, 1.54) is 19.3 Å². The maximum atomic E-state index is 10.9. The van der Waals surface area contributed by atoms with Gasteiger partial charge in [-0.1, -0.05) is 19.8 Å². The van der Waals surface area contributed by atoms with Gasteiger partial charge in [-0.3, -0.25) is 4.79 Å². The lowest BCUT2D eigenvalue weighted by Crippen LogP contribution is -2.47. The van der Waals surface area contributed by atoms with Crippen LogP contribution < -0.4 is 5.32 Å². The van der Waals surface area contributed by atoms with Crippen LogP contribution in [0.2, 0.25) is 0 Å². The van der Waals surface area contributed by atoms with Crippen molar-refractivity contribution in [1.29, 1.82) is 0 Å². The lowest BCUT2D eigenvalue weighted by Gasteiger charge is -2.36. The van der Waals surface area contributed by atoms with Crippen molar-refractivity contribution in [1.82, 2.24) is 5.32 Å². The van der Waals surface area contributed by atoms with Crippen LogP contribution in [0.15, 0.2) is 0 Å². The fourth-order valence-corrected chi connectivity index (χ4v) is 3.06. The van der Waals surface area contributed by atoms with E-state index in [-0.39, 0.29) is 5.92 Å². The van der Waals surface area contributed by atoms with Crippen LogP contribution in [-0.4, -0.2) is 34.4 Å². The predicted molar refractivity (Wildman–Crippen MR) is 74.0 cm³/mol. The minimum atomic E-state index is -0.713. The Bertz CT molecular complexity index is 307. The molecule has 0 amide bonds. The first-order chi connectivity index (χ1) is 9.02. The number of nitrogens with one attached hydrogen (secondary N) is 1. The maximum absolute atomic E-state index is 10.9. The van der Waals surface area contributed by atoms with Gasteiger partial charge in [0.1, 0.15) is 0 Å². The molecule has 4 nitrogen and oxygen atoms in total. The zero-order chi connectivity index (χ0) is 13.9. The van der Waals surface area contributed by atoms with Gasteiger partial charge >= 0.3 is 5.97 Å². The molecule has 0 spiro atoms. The second-order valence-corrected chi connectivity index (χ2v) is 6.50. The fraction of sp³-hybridized carbons (Fsp3) is 0.933. The molecule has 0 aromatic carbocycles. The summed E-state index contributed by atoms with van der Waals surface area (Å²) in [6, 6.07) is 0.508. The molecular formula is C15H27NO3. The molecular weight excluding hydrogens is 242 g/mol. The average molecular weight is 269 g/mol. The Kier molecular flexibility index (Phi) is 4.85. The van der Waals surface area contributed by atoms with Crippen LogP contribution in [0.5, 0.6) is 0 Å². The zero-order valence-electron chi connectivity index (χ0n) is 11.9. The molecule has 0 saturated heterocycles. The van der Waals surface area contributed by atoms with Crippen molar-refractivity contribution in [3.63, 3.8) is 0 Å². The van der Waals surface area contributed by atoms with Crippen LogP contribution >= 0.6 is 0 Å². The molecule has 1 unspecified atom stereocenters. The van der Waals surface area contributed by atoms with E-state index < -0.39 is 11.6 Å². The van der Waals surface area contributed by atoms with E-state index in [0.29, 0.717) is 38.3 Å². The Morgan fingerprint density at radius 2 is 1.95 bits per heavy atom. The Morgan fingerprint density at radius 1 is 1.32 bits per heavy atom. The number of carbonyl (C=O) groups is 1. The van der Waals surface area contributed by atoms with Gasteiger partial charge in [-0.15, -0.1) is 0 Å². The first kappa shape index (κ1) is 14.8. The third kappa shape index (κ3) is 4.46. The normalized spacial score (nSPS) is 33.1. The van der Waals surface area contributed by atoms with Gasteiger partial charge in [-0.2, -0.15) is 0 Å². The van der Waals surface area contributed by atoms with Crippen molar-refractivity contribution in [2.24, 2.45) is 11.8 Å². The molecule has 1 atom stereocenters. The molecule has 3 N–H and O–H groups in total. The van der Waals surface area contributed by atoms with Crippen LogP contribution in [0.1, 0.15) is 58.3 Å². The lowest BCUT2D eigenvalue weighted by molar-refractivity contribution is -0.144. The van der Waals surface area contributed by atoms with E-state index >= 15 is 0 Å². The monoisotopic (exact) mass is 269 g/mol. The van der Waals surface area contributed by atoms with E-state index in [9.17, 15) is 9.90 Å². The second kappa shape index (κ2) is 6.23. The number of hydrogen-bond donors (Lipinski definition) is 3. The number of carboxylic acids is 1. The molecule has 0 aromatic heterocycles. The maximum Gasteiger partial charge on any atom is 0.306 e. The molecule has 0 heterocycles. The molecule has 2 fully saturated rings. The van der Waals surface area contributed by atoms with Gasteiger partial charge in [0.25, 0.3) is 0 Å². The topological polar surface area (TPSA) is 69.6 Å². The van der Waals surface area contributed by atoms with E-state index in [2.05, 4.69) is 12.2 Å². The van der Waals surface area contributed by atoms with Crippen molar-refractivity contribution in [2.75, 3.05) is 6.54 Å². The Hall–Kier alpha value is -0.610. The highest BCUT2D eigenvalue weighted by Crippen LogP contribution is 2.35. The largest absolute Gasteiger partial charge is 0.481 e. The first-order valence-electron chi connectivity index (χ1n) is 7.71. The standard InChI is InChI=1S/C15H27NO3/c1-2-13(9-11-3-4-11)16-10-15(19)7-5-12(6-8-15)14(17)18/h11-13,16,19H,2-10H2,1H3,(H,17,18). The number of rotatable bonds is 7. The van der Waals surface area contributed by atoms with Gasteiger partial charge in [0.2, 0.25) is 0 Å². The fourth-order valence-electron chi connectivity index (χ4n) is 3.06. The van der Waals surface area contributed by atoms with Gasteiger partial charge in [0.15, 0.2) is 0 Å². The van der Waals surface area contributed by atoms with E-state index in [0.717, 1.165) is 12.3 Å². The number of aliphatic hydroxyl groups is 1. The minimum absolute atomic E-state index is 0.256. The van der Waals surface area contributed by atoms with Crippen molar-refractivity contribution in [2.45, 2.75) is 69.9 Å². The van der Waals surface area contributed by atoms with E-state index in [1.54, 1.807) is 0 Å². The quantitative estimate of drug-likeness (QED) is 0.662. The van der Waals surface area contributed by atoms with Crippen molar-refractivity contribution in [3.05, 3.63) is 0 Å². The number of carboxylic acid groups (broad SMARTS) is 1. The molecule has 2 aliphatic carbocycles. The predicted octanol–water partition coefficient (Wildman–Crippen LogP) is 2.16. The minimum Gasteiger partial charge on any atom is -0.481 e. The molecule has 19 heavy (non-hydrogen) atoms. The molecule has 2 saturated carbocycles. The van der Waals surface area contributed by atoms with Gasteiger partial charge < -0.3 is 15.5 Å². The van der Waals surface area contributed by atoms with Crippen LogP contribution in [-0.2, 0) is 4.79 Å². The van der Waals surface area contributed by atoms with Crippen molar-refractivity contribution in [3.8, 4) is 0 Å². The molecule has 0 radical (unpaired) electrons. The van der Waals surface area contributed by atoms with Gasteiger partial charge in [0, 0.05) is 12.6 Å². The third-order valence-corrected chi connectivity index (χ3v) is 4.79. The summed E-state index contributed by atoms with van der Waals surface area (Å²) in [5.41, 5.74) is -0.692. The average Bonchev–Trinajstić information content (AvgIpc) is 3.19. The zero-order valence-corrected chi connectivity index (χ0v) is 11.9. The second-order valence-electron chi connectivity index (χ2n) is 6.50. The molecule has 0 aromatic rings. The van der Waals surface area contributed by atoms with Crippen LogP contribution in [0, 0.1) is 11.8 Å². The van der Waals surface area contributed by atoms with E-state index in [4.69, 9.17) is 5.11 Å². The summed E-state index contributed by atoms with van der Waals surface area (Å²) in [6.07, 6.45) is 7.48. The Morgan fingerprint density at radius 3 is 2.42 bits per heavy atom. The summed E-state index contributed by atoms with van der Waals surface area (Å²) in [6.45, 7) is 2.80. The summed E-state index contributed by atoms with van der Waals surface area (Å²) >= 11 is 0. The summed E-state index contributed by atoms with van der Waals surface area (Å²) < 4.78 is 0. The van der Waals surface area contributed by atoms with Crippen LogP contribution in [0.3, 0.4) is 0 Å². The smallest absolute Gasteiger partial charge is 0.306 e. The van der Waals surface area contributed by atoms with Crippen LogP contribution in [0.4, 0.5) is 0 Å². The van der Waals surface area contributed by atoms with Gasteiger partial charge in [0.05, 0.1) is 11.5 Å². The highest BCUT2D eigenvalue weighted by Gasteiger charge is 2.36. The molecule has 2 rings (SSSR count). The first-order valence-corrected chi connectivity index (χ1v) is 7.71. The Balaban J connectivity index is 1.73. The third-order valence-electron chi connectivity index (χ3n) is 4.79. The summed E-state index contributed by atoms with van der Waals surface area (Å²) in [5.74, 6) is -0.0706. The molecule has 2 aliphatic rings. The van der Waals surface area contributed by atoms with Gasteiger partial charge in [-0.05, 0) is 44.4 Å². The summed E-state index contributed by atoms with van der Waals surface area (Å²) in [7, 11) is 0. The van der Waals surface area contributed by atoms with Crippen molar-refractivity contribution >= 4 is 5.97 Å². The summed E-state index contributed by atoms with van der Waals surface area (Å²) in [5, 5.41) is 23.0. The number of hydrogen-bond acceptors (Lipinski definition) is 3. The lowest BCUT2D eigenvalue weighted by atomic mass is 9.78. The van der Waals surface area contributed by atoms with Crippen molar-refractivity contribution < 1.29 is 15.0 Å². The highest BCUT2D eigenvalue weighted by atomic mass is 16.4. The van der Waals surface area contributed by atoms with E-state index in [1.807, 2.05) is 0 Å². The summed E-state index contributed by atoms with van der Waals surface area (Å²) in [4.78, 5) is 10.9. The number of aliphatic carboxylic acids is 1. The SMILES string of the molecule is CCC(CC1CC1)NCC1(O)CCC(C(=O)O)CC1. The highest BCUT2D eigenvalue weighted by molar-refractivity contribution is 5.70. The van der Waals surface area contributed by atoms with Crippen LogP contribution in [0.25, 0.3) is 0 Å². The molecule has 0 bridgehead atoms. The molecule has 0 aliphatic heterocycles. The molecule has 4 heteroatoms. The molecule has 110 valence electrons.